The molecule has 1 heterocycles. The number of anilines is 1. The molecule has 7 heteroatoms. The Bertz CT molecular complexity index is 1230. The van der Waals surface area contributed by atoms with Crippen molar-refractivity contribution >= 4 is 39.8 Å². The summed E-state index contributed by atoms with van der Waals surface area (Å²) in [6.45, 7) is 4.03. The van der Waals surface area contributed by atoms with Crippen LogP contribution in [0.5, 0.6) is 0 Å². The summed E-state index contributed by atoms with van der Waals surface area (Å²) in [5.74, 6) is -0.145. The molecule has 6 nitrogen and oxygen atoms in total. The van der Waals surface area contributed by atoms with Crippen LogP contribution in [0.1, 0.15) is 63.2 Å². The van der Waals surface area contributed by atoms with Gasteiger partial charge >= 0.3 is 0 Å². The van der Waals surface area contributed by atoms with Gasteiger partial charge in [0.2, 0.25) is 0 Å². The van der Waals surface area contributed by atoms with Crippen molar-refractivity contribution < 1.29 is 9.72 Å². The fourth-order valence-corrected chi connectivity index (χ4v) is 5.38. The number of non-ortho nitro benzene ring substituents is 1. The highest BCUT2D eigenvalue weighted by Gasteiger charge is 2.24. The van der Waals surface area contributed by atoms with Crippen LogP contribution in [0.3, 0.4) is 0 Å². The molecule has 1 aliphatic rings. The third kappa shape index (κ3) is 5.20. The molecule has 170 valence electrons. The molecule has 0 bridgehead atoms. The molecule has 1 aromatic heterocycles. The first-order valence-electron chi connectivity index (χ1n) is 11.2. The number of carbonyl (C=O) groups excluding carboxylic acids is 1. The fraction of sp³-hybridized carbons (Fsp3) is 0.308. The Morgan fingerprint density at radius 2 is 1.85 bits per heavy atom. The van der Waals surface area contributed by atoms with Crippen LogP contribution in [0.15, 0.2) is 47.5 Å². The maximum atomic E-state index is 13.5. The molecular formula is C26H27N3O3S. The zero-order valence-electron chi connectivity index (χ0n) is 18.9. The van der Waals surface area contributed by atoms with Crippen LogP contribution < -0.4 is 5.32 Å². The Morgan fingerprint density at radius 1 is 1.09 bits per heavy atom. The summed E-state index contributed by atoms with van der Waals surface area (Å²) >= 11 is 1.57. The van der Waals surface area contributed by atoms with Crippen LogP contribution in [0.2, 0.25) is 0 Å². The number of nitrogens with one attached hydrogen (secondary N) is 1. The Labute approximate surface area is 197 Å². The van der Waals surface area contributed by atoms with Gasteiger partial charge in [0, 0.05) is 28.9 Å². The molecule has 1 aliphatic carbocycles. The molecule has 0 unspecified atom stereocenters. The second-order valence-electron chi connectivity index (χ2n) is 8.41. The lowest BCUT2D eigenvalue weighted by Gasteiger charge is -2.13. The topological polar surface area (TPSA) is 84.6 Å². The summed E-state index contributed by atoms with van der Waals surface area (Å²) in [7, 11) is 0. The van der Waals surface area contributed by atoms with E-state index in [9.17, 15) is 14.9 Å². The maximum absolute atomic E-state index is 13.5. The molecule has 4 rings (SSSR count). The average molecular weight is 462 g/mol. The summed E-state index contributed by atoms with van der Waals surface area (Å²) in [6, 6.07) is 12.2. The molecule has 33 heavy (non-hydrogen) atoms. The summed E-state index contributed by atoms with van der Waals surface area (Å²) in [6.07, 6.45) is 7.97. The van der Waals surface area contributed by atoms with Gasteiger partial charge in [-0.3, -0.25) is 14.9 Å². The Balaban J connectivity index is 1.72. The van der Waals surface area contributed by atoms with E-state index in [1.807, 2.05) is 32.0 Å². The van der Waals surface area contributed by atoms with Gasteiger partial charge in [-0.1, -0.05) is 37.1 Å². The standard InChI is InChI=1S/C26H27N3O3S/c1-17-9-7-13-22(18(17)2)28-25(30)24-21-12-5-3-4-6-14-23(21)33-26(24)27-16-19-10-8-11-20(15-19)29(31)32/h7-11,13,15-16H,3-6,12,14H2,1-2H3,(H,28,30). The zero-order valence-corrected chi connectivity index (χ0v) is 19.7. The monoisotopic (exact) mass is 461 g/mol. The minimum absolute atomic E-state index is 0.0188. The molecule has 0 spiro atoms. The number of nitro benzene ring substituents is 1. The number of aliphatic imine (C=N–C) groups is 1. The second-order valence-corrected chi connectivity index (χ2v) is 9.49. The lowest BCUT2D eigenvalue weighted by Crippen LogP contribution is -2.15. The van der Waals surface area contributed by atoms with Crippen molar-refractivity contribution in [2.45, 2.75) is 52.4 Å². The number of carbonyl (C=O) groups is 1. The van der Waals surface area contributed by atoms with E-state index in [1.54, 1.807) is 29.7 Å². The Kier molecular flexibility index (Phi) is 6.99. The molecule has 1 N–H and O–H groups in total. The molecule has 3 aromatic rings. The quantitative estimate of drug-likeness (QED) is 0.254. The van der Waals surface area contributed by atoms with Crippen LogP contribution in [-0.2, 0) is 12.8 Å². The normalized spacial score (nSPS) is 13.9. The van der Waals surface area contributed by atoms with Crippen molar-refractivity contribution in [1.29, 1.82) is 0 Å². The van der Waals surface area contributed by atoms with Gasteiger partial charge < -0.3 is 5.32 Å². The highest BCUT2D eigenvalue weighted by Crippen LogP contribution is 2.39. The van der Waals surface area contributed by atoms with Crippen molar-refractivity contribution in [2.24, 2.45) is 4.99 Å². The molecule has 0 atom stereocenters. The van der Waals surface area contributed by atoms with Crippen molar-refractivity contribution in [3.63, 3.8) is 0 Å². The zero-order chi connectivity index (χ0) is 23.4. The number of nitrogens with zero attached hydrogens (tertiary/aromatic N) is 2. The highest BCUT2D eigenvalue weighted by atomic mass is 32.1. The lowest BCUT2D eigenvalue weighted by molar-refractivity contribution is -0.384. The Hall–Kier alpha value is -3.32. The van der Waals surface area contributed by atoms with Crippen molar-refractivity contribution in [3.8, 4) is 0 Å². The van der Waals surface area contributed by atoms with Gasteiger partial charge in [0.25, 0.3) is 11.6 Å². The van der Waals surface area contributed by atoms with E-state index >= 15 is 0 Å². The van der Waals surface area contributed by atoms with E-state index in [0.29, 0.717) is 16.1 Å². The van der Waals surface area contributed by atoms with E-state index in [0.717, 1.165) is 48.1 Å². The van der Waals surface area contributed by atoms with E-state index < -0.39 is 4.92 Å². The molecular weight excluding hydrogens is 434 g/mol. The number of benzene rings is 2. The first-order chi connectivity index (χ1) is 15.9. The molecule has 1 amide bonds. The van der Waals surface area contributed by atoms with Gasteiger partial charge in [0.05, 0.1) is 10.5 Å². The number of thiophene rings is 1. The number of hydrogen-bond donors (Lipinski definition) is 1. The first kappa shape index (κ1) is 22.9. The molecule has 0 saturated carbocycles. The van der Waals surface area contributed by atoms with Crippen LogP contribution >= 0.6 is 11.3 Å². The van der Waals surface area contributed by atoms with Crippen LogP contribution in [0.25, 0.3) is 0 Å². The van der Waals surface area contributed by atoms with Gasteiger partial charge in [-0.05, 0) is 67.9 Å². The number of aryl methyl sites for hydroxylation is 2. The predicted molar refractivity (Wildman–Crippen MR) is 134 cm³/mol. The fourth-order valence-electron chi connectivity index (χ4n) is 4.15. The number of rotatable bonds is 5. The first-order valence-corrected chi connectivity index (χ1v) is 12.1. The summed E-state index contributed by atoms with van der Waals surface area (Å²) in [4.78, 5) is 30.1. The average Bonchev–Trinajstić information content (AvgIpc) is 3.12. The number of hydrogen-bond acceptors (Lipinski definition) is 5. The number of amides is 1. The van der Waals surface area contributed by atoms with Gasteiger partial charge in [-0.15, -0.1) is 11.3 Å². The largest absolute Gasteiger partial charge is 0.322 e. The highest BCUT2D eigenvalue weighted by molar-refractivity contribution is 7.16. The molecule has 0 aliphatic heterocycles. The third-order valence-electron chi connectivity index (χ3n) is 6.14. The molecule has 2 aromatic carbocycles. The van der Waals surface area contributed by atoms with E-state index in [4.69, 9.17) is 0 Å². The minimum Gasteiger partial charge on any atom is -0.322 e. The van der Waals surface area contributed by atoms with E-state index in [1.165, 1.54) is 29.9 Å². The maximum Gasteiger partial charge on any atom is 0.270 e. The SMILES string of the molecule is Cc1cccc(NC(=O)c2c(N=Cc3cccc([N+](=O)[O-])c3)sc3c2CCCCCC3)c1C. The van der Waals surface area contributed by atoms with Crippen molar-refractivity contribution in [3.05, 3.63) is 85.3 Å². The van der Waals surface area contributed by atoms with E-state index in [2.05, 4.69) is 10.3 Å². The minimum atomic E-state index is -0.419. The molecule has 0 radical (unpaired) electrons. The van der Waals surface area contributed by atoms with Crippen molar-refractivity contribution in [1.82, 2.24) is 0 Å². The van der Waals surface area contributed by atoms with Crippen LogP contribution in [0, 0.1) is 24.0 Å². The smallest absolute Gasteiger partial charge is 0.270 e. The van der Waals surface area contributed by atoms with Crippen LogP contribution in [0.4, 0.5) is 16.4 Å². The number of nitro groups is 1. The van der Waals surface area contributed by atoms with Gasteiger partial charge in [0.1, 0.15) is 5.00 Å². The predicted octanol–water partition coefficient (Wildman–Crippen LogP) is 6.94. The second kappa shape index (κ2) is 10.1. The lowest BCUT2D eigenvalue weighted by atomic mass is 9.96. The molecule has 0 saturated heterocycles. The van der Waals surface area contributed by atoms with Crippen molar-refractivity contribution in [2.75, 3.05) is 5.32 Å². The molecule has 0 fully saturated rings. The van der Waals surface area contributed by atoms with Gasteiger partial charge in [-0.2, -0.15) is 0 Å². The number of fused-ring (bicyclic) bond motifs is 1. The van der Waals surface area contributed by atoms with Crippen LogP contribution in [-0.4, -0.2) is 17.0 Å². The summed E-state index contributed by atoms with van der Waals surface area (Å²) in [5, 5.41) is 14.9. The summed E-state index contributed by atoms with van der Waals surface area (Å²) < 4.78 is 0. The Morgan fingerprint density at radius 3 is 2.64 bits per heavy atom. The summed E-state index contributed by atoms with van der Waals surface area (Å²) in [5.41, 5.74) is 5.37. The third-order valence-corrected chi connectivity index (χ3v) is 7.34. The van der Waals surface area contributed by atoms with Gasteiger partial charge in [-0.25, -0.2) is 4.99 Å². The van der Waals surface area contributed by atoms with Gasteiger partial charge in [0.15, 0.2) is 0 Å². The van der Waals surface area contributed by atoms with E-state index in [-0.39, 0.29) is 11.6 Å².